The third kappa shape index (κ3) is 2.91. The quantitative estimate of drug-likeness (QED) is 0.659. The zero-order valence-corrected chi connectivity index (χ0v) is 7.97. The molecule has 0 bridgehead atoms. The van der Waals surface area contributed by atoms with E-state index in [4.69, 9.17) is 0 Å². The van der Waals surface area contributed by atoms with E-state index in [1.165, 1.54) is 12.8 Å². The lowest BCUT2D eigenvalue weighted by Gasteiger charge is -2.30. The second-order valence-corrected chi connectivity index (χ2v) is 3.60. The molecule has 1 saturated heterocycles. The van der Waals surface area contributed by atoms with Gasteiger partial charge in [-0.15, -0.1) is 0 Å². The predicted octanol–water partition coefficient (Wildman–Crippen LogP) is 0.259. The zero-order chi connectivity index (χ0) is 8.97. The maximum atomic E-state index is 10.8. The minimum Gasteiger partial charge on any atom is -0.317 e. The van der Waals surface area contributed by atoms with Crippen LogP contribution >= 0.6 is 0 Å². The average molecular weight is 170 g/mol. The van der Waals surface area contributed by atoms with Gasteiger partial charge in [0.25, 0.3) is 0 Å². The van der Waals surface area contributed by atoms with Crippen molar-refractivity contribution in [3.63, 3.8) is 0 Å². The van der Waals surface area contributed by atoms with E-state index in [1.54, 1.807) is 6.92 Å². The van der Waals surface area contributed by atoms with E-state index in [1.807, 2.05) is 7.05 Å². The van der Waals surface area contributed by atoms with Crippen molar-refractivity contribution in [3.05, 3.63) is 0 Å². The Morgan fingerprint density at radius 3 is 2.58 bits per heavy atom. The van der Waals surface area contributed by atoms with Crippen LogP contribution in [0.2, 0.25) is 0 Å². The van der Waals surface area contributed by atoms with Gasteiger partial charge in [-0.2, -0.15) is 0 Å². The highest BCUT2D eigenvalue weighted by molar-refractivity contribution is 5.77. The smallest absolute Gasteiger partial charge is 0.143 e. The normalized spacial score (nSPS) is 19.9. The van der Waals surface area contributed by atoms with E-state index < -0.39 is 0 Å². The van der Waals surface area contributed by atoms with E-state index in [-0.39, 0.29) is 5.78 Å². The molecule has 1 heterocycles. The number of carbonyl (C=O) groups excluding carboxylic acids is 1. The largest absolute Gasteiger partial charge is 0.317 e. The van der Waals surface area contributed by atoms with Crippen LogP contribution in [0.1, 0.15) is 19.8 Å². The monoisotopic (exact) mass is 170 g/mol. The number of piperidine rings is 1. The molecule has 0 aromatic rings. The number of nitrogens with zero attached hydrogens (tertiary/aromatic N) is 1. The molecule has 0 radical (unpaired) electrons. The number of likely N-dealkylation sites (N-methyl/N-ethyl adjacent to an activating group) is 1. The summed E-state index contributed by atoms with van der Waals surface area (Å²) in [6.07, 6.45) is 2.34. The molecule has 0 spiro atoms. The first kappa shape index (κ1) is 9.68. The van der Waals surface area contributed by atoms with Crippen LogP contribution in [0.25, 0.3) is 0 Å². The van der Waals surface area contributed by atoms with Crippen LogP contribution < -0.4 is 5.32 Å². The van der Waals surface area contributed by atoms with E-state index >= 15 is 0 Å². The van der Waals surface area contributed by atoms with Crippen molar-refractivity contribution in [2.24, 2.45) is 0 Å². The Labute approximate surface area is 74.1 Å². The van der Waals surface area contributed by atoms with Gasteiger partial charge in [0.1, 0.15) is 5.78 Å². The fourth-order valence-corrected chi connectivity index (χ4v) is 1.73. The lowest BCUT2D eigenvalue weighted by Crippen LogP contribution is -2.42. The van der Waals surface area contributed by atoms with Crippen molar-refractivity contribution in [2.45, 2.75) is 25.8 Å². The van der Waals surface area contributed by atoms with Crippen molar-refractivity contribution < 1.29 is 4.79 Å². The molecule has 0 amide bonds. The molecule has 1 aliphatic heterocycles. The molecule has 70 valence electrons. The molecule has 3 heteroatoms. The molecule has 1 N–H and O–H groups in total. The second-order valence-electron chi connectivity index (χ2n) is 3.60. The Balaban J connectivity index is 2.29. The molecular weight excluding hydrogens is 152 g/mol. The summed E-state index contributed by atoms with van der Waals surface area (Å²) < 4.78 is 0. The molecule has 0 saturated carbocycles. The highest BCUT2D eigenvalue weighted by Crippen LogP contribution is 2.08. The van der Waals surface area contributed by atoms with Crippen molar-refractivity contribution in [1.82, 2.24) is 10.2 Å². The van der Waals surface area contributed by atoms with Gasteiger partial charge in [-0.05, 0) is 39.9 Å². The molecule has 12 heavy (non-hydrogen) atoms. The Hall–Kier alpha value is -0.410. The van der Waals surface area contributed by atoms with Crippen LogP contribution in [0.15, 0.2) is 0 Å². The first-order valence-corrected chi connectivity index (χ1v) is 4.60. The Morgan fingerprint density at radius 2 is 2.08 bits per heavy atom. The summed E-state index contributed by atoms with van der Waals surface area (Å²) in [5.41, 5.74) is 0. The van der Waals surface area contributed by atoms with Gasteiger partial charge in [-0.1, -0.05) is 0 Å². The number of rotatable bonds is 3. The van der Waals surface area contributed by atoms with Crippen LogP contribution in [-0.4, -0.2) is 43.4 Å². The average Bonchev–Trinajstić information content (AvgIpc) is 2.05. The lowest BCUT2D eigenvalue weighted by molar-refractivity contribution is -0.118. The lowest BCUT2D eigenvalue weighted by atomic mass is 10.1. The number of nitrogens with one attached hydrogen (secondary N) is 1. The molecule has 0 unspecified atom stereocenters. The number of hydrogen-bond acceptors (Lipinski definition) is 3. The summed E-state index contributed by atoms with van der Waals surface area (Å²) in [7, 11) is 2.04. The van der Waals surface area contributed by atoms with E-state index in [0.717, 1.165) is 13.1 Å². The van der Waals surface area contributed by atoms with Crippen LogP contribution in [0.3, 0.4) is 0 Å². The predicted molar refractivity (Wildman–Crippen MR) is 49.2 cm³/mol. The summed E-state index contributed by atoms with van der Waals surface area (Å²) in [5.74, 6) is 0.260. The summed E-state index contributed by atoms with van der Waals surface area (Å²) >= 11 is 0. The maximum absolute atomic E-state index is 10.8. The number of carbonyl (C=O) groups is 1. The summed E-state index contributed by atoms with van der Waals surface area (Å²) in [6.45, 7) is 4.43. The zero-order valence-electron chi connectivity index (χ0n) is 7.97. The number of Topliss-reactive ketones (excluding diaryl/α,β-unsaturated/α-hetero) is 1. The molecule has 0 aliphatic carbocycles. The first-order valence-electron chi connectivity index (χ1n) is 4.60. The van der Waals surface area contributed by atoms with Gasteiger partial charge in [0.05, 0.1) is 6.54 Å². The molecule has 0 aromatic heterocycles. The van der Waals surface area contributed by atoms with E-state index in [2.05, 4.69) is 10.2 Å². The van der Waals surface area contributed by atoms with Gasteiger partial charge >= 0.3 is 0 Å². The van der Waals surface area contributed by atoms with Gasteiger partial charge in [-0.3, -0.25) is 9.69 Å². The molecule has 1 fully saturated rings. The Kier molecular flexibility index (Phi) is 3.69. The minimum atomic E-state index is 0.260. The molecular formula is C9H18N2O. The van der Waals surface area contributed by atoms with Gasteiger partial charge < -0.3 is 5.32 Å². The van der Waals surface area contributed by atoms with E-state index in [0.29, 0.717) is 12.6 Å². The van der Waals surface area contributed by atoms with Crippen LogP contribution in [0.5, 0.6) is 0 Å². The van der Waals surface area contributed by atoms with Gasteiger partial charge in [0.2, 0.25) is 0 Å². The molecule has 0 atom stereocenters. The third-order valence-corrected chi connectivity index (χ3v) is 2.40. The fourth-order valence-electron chi connectivity index (χ4n) is 1.73. The molecule has 3 nitrogen and oxygen atoms in total. The fraction of sp³-hybridized carbons (Fsp3) is 0.889. The van der Waals surface area contributed by atoms with E-state index in [9.17, 15) is 4.79 Å². The SMILES string of the molecule is CC(=O)CN(C)C1CCNCC1. The van der Waals surface area contributed by atoms with Crippen molar-refractivity contribution in [1.29, 1.82) is 0 Å². The van der Waals surface area contributed by atoms with Crippen LogP contribution in [0, 0.1) is 0 Å². The van der Waals surface area contributed by atoms with Crippen molar-refractivity contribution >= 4 is 5.78 Å². The van der Waals surface area contributed by atoms with Crippen LogP contribution in [0.4, 0.5) is 0 Å². The summed E-state index contributed by atoms with van der Waals surface area (Å²) in [5, 5.41) is 3.31. The standard InChI is InChI=1S/C9H18N2O/c1-8(12)7-11(2)9-3-5-10-6-4-9/h9-10H,3-7H2,1-2H3. The van der Waals surface area contributed by atoms with Gasteiger partial charge in [-0.25, -0.2) is 0 Å². The Morgan fingerprint density at radius 1 is 1.50 bits per heavy atom. The van der Waals surface area contributed by atoms with Gasteiger partial charge in [0.15, 0.2) is 0 Å². The molecule has 0 aromatic carbocycles. The number of hydrogen-bond donors (Lipinski definition) is 1. The number of ketones is 1. The molecule has 1 rings (SSSR count). The summed E-state index contributed by atoms with van der Waals surface area (Å²) in [6, 6.07) is 0.607. The second kappa shape index (κ2) is 4.58. The maximum Gasteiger partial charge on any atom is 0.143 e. The van der Waals surface area contributed by atoms with Crippen molar-refractivity contribution in [2.75, 3.05) is 26.7 Å². The molecule has 1 aliphatic rings. The topological polar surface area (TPSA) is 32.3 Å². The van der Waals surface area contributed by atoms with Crippen LogP contribution in [-0.2, 0) is 4.79 Å². The van der Waals surface area contributed by atoms with Crippen molar-refractivity contribution in [3.8, 4) is 0 Å². The highest BCUT2D eigenvalue weighted by atomic mass is 16.1. The highest BCUT2D eigenvalue weighted by Gasteiger charge is 2.17. The minimum absolute atomic E-state index is 0.260. The van der Waals surface area contributed by atoms with Gasteiger partial charge in [0, 0.05) is 6.04 Å². The summed E-state index contributed by atoms with van der Waals surface area (Å²) in [4.78, 5) is 13.0. The first-order chi connectivity index (χ1) is 5.70. The third-order valence-electron chi connectivity index (χ3n) is 2.40. The Bertz CT molecular complexity index is 153.